The summed E-state index contributed by atoms with van der Waals surface area (Å²) in [5.41, 5.74) is 2.67. The molecule has 0 spiro atoms. The Hall–Kier alpha value is -1.33. The third kappa shape index (κ3) is 2.87. The van der Waals surface area contributed by atoms with Crippen LogP contribution in [0.25, 0.3) is 0 Å². The second kappa shape index (κ2) is 5.33. The fourth-order valence-corrected chi connectivity index (χ4v) is 2.38. The summed E-state index contributed by atoms with van der Waals surface area (Å²) in [6, 6.07) is 1.66. The van der Waals surface area contributed by atoms with E-state index in [1.807, 2.05) is 0 Å². The Labute approximate surface area is 101 Å². The maximum atomic E-state index is 11.5. The van der Waals surface area contributed by atoms with Crippen LogP contribution in [0.3, 0.4) is 0 Å². The van der Waals surface area contributed by atoms with Gasteiger partial charge in [0.15, 0.2) is 0 Å². The Bertz CT molecular complexity index is 389. The number of amides is 1. The van der Waals surface area contributed by atoms with Crippen LogP contribution in [-0.4, -0.2) is 23.9 Å². The van der Waals surface area contributed by atoms with Crippen LogP contribution in [0.2, 0.25) is 0 Å². The molecule has 1 aromatic heterocycles. The first-order valence-corrected chi connectivity index (χ1v) is 6.00. The molecule has 0 radical (unpaired) electrons. The van der Waals surface area contributed by atoms with Crippen LogP contribution >= 0.6 is 0 Å². The first-order chi connectivity index (χ1) is 8.20. The van der Waals surface area contributed by atoms with Gasteiger partial charge in [-0.3, -0.25) is 15.1 Å². The molecule has 1 aromatic rings. The SMILES string of the molecule is CC1CCCN(Cc2occc2C(=O)NN)C1. The molecule has 1 aliphatic rings. The van der Waals surface area contributed by atoms with E-state index >= 15 is 0 Å². The van der Waals surface area contributed by atoms with Crippen LogP contribution in [0.15, 0.2) is 16.7 Å². The van der Waals surface area contributed by atoms with E-state index in [1.165, 1.54) is 19.1 Å². The van der Waals surface area contributed by atoms with Gasteiger partial charge in [-0.15, -0.1) is 0 Å². The maximum Gasteiger partial charge on any atom is 0.268 e. The number of hydrogen-bond acceptors (Lipinski definition) is 4. The number of carbonyl (C=O) groups is 1. The molecule has 1 atom stereocenters. The zero-order valence-corrected chi connectivity index (χ0v) is 10.1. The van der Waals surface area contributed by atoms with Crippen molar-refractivity contribution in [1.82, 2.24) is 10.3 Å². The van der Waals surface area contributed by atoms with Crippen LogP contribution in [-0.2, 0) is 6.54 Å². The molecule has 1 saturated heterocycles. The molecule has 5 heteroatoms. The molecule has 0 bridgehead atoms. The van der Waals surface area contributed by atoms with Crippen molar-refractivity contribution >= 4 is 5.91 Å². The fourth-order valence-electron chi connectivity index (χ4n) is 2.38. The Kier molecular flexibility index (Phi) is 3.81. The first kappa shape index (κ1) is 12.1. The van der Waals surface area contributed by atoms with E-state index < -0.39 is 0 Å². The second-order valence-electron chi connectivity index (χ2n) is 4.71. The minimum Gasteiger partial charge on any atom is -0.467 e. The van der Waals surface area contributed by atoms with Gasteiger partial charge in [-0.1, -0.05) is 6.92 Å². The summed E-state index contributed by atoms with van der Waals surface area (Å²) in [5, 5.41) is 0. The Morgan fingerprint density at radius 1 is 1.71 bits per heavy atom. The van der Waals surface area contributed by atoms with Crippen LogP contribution in [0.5, 0.6) is 0 Å². The average molecular weight is 237 g/mol. The summed E-state index contributed by atoms with van der Waals surface area (Å²) in [6.07, 6.45) is 4.03. The minimum absolute atomic E-state index is 0.293. The van der Waals surface area contributed by atoms with Gasteiger partial charge in [0.05, 0.1) is 18.4 Å². The molecule has 17 heavy (non-hydrogen) atoms. The highest BCUT2D eigenvalue weighted by molar-refractivity contribution is 5.94. The van der Waals surface area contributed by atoms with Crippen LogP contribution in [0.1, 0.15) is 35.9 Å². The van der Waals surface area contributed by atoms with Crippen molar-refractivity contribution < 1.29 is 9.21 Å². The third-order valence-corrected chi connectivity index (χ3v) is 3.23. The van der Waals surface area contributed by atoms with Gasteiger partial charge in [-0.05, 0) is 31.4 Å². The zero-order chi connectivity index (χ0) is 12.3. The standard InChI is InChI=1S/C12H19N3O2/c1-9-3-2-5-15(7-9)8-11-10(4-6-17-11)12(16)14-13/h4,6,9H,2-3,5,7-8,13H2,1H3,(H,14,16). The Morgan fingerprint density at radius 2 is 2.53 bits per heavy atom. The lowest BCUT2D eigenvalue weighted by Crippen LogP contribution is -2.35. The molecule has 0 aromatic carbocycles. The van der Waals surface area contributed by atoms with Crippen LogP contribution in [0, 0.1) is 5.92 Å². The molecule has 2 heterocycles. The Morgan fingerprint density at radius 3 is 3.24 bits per heavy atom. The molecule has 0 aliphatic carbocycles. The number of nitrogens with zero attached hydrogens (tertiary/aromatic N) is 1. The molecule has 1 aliphatic heterocycles. The number of nitrogens with one attached hydrogen (secondary N) is 1. The number of nitrogen functional groups attached to an aromatic ring is 1. The normalized spacial score (nSPS) is 21.4. The number of nitrogens with two attached hydrogens (primary N) is 1. The van der Waals surface area contributed by atoms with E-state index in [0.717, 1.165) is 13.1 Å². The van der Waals surface area contributed by atoms with Crippen LogP contribution in [0.4, 0.5) is 0 Å². The quantitative estimate of drug-likeness (QED) is 0.469. The third-order valence-electron chi connectivity index (χ3n) is 3.23. The molecule has 1 amide bonds. The predicted molar refractivity (Wildman–Crippen MR) is 64.0 cm³/mol. The van der Waals surface area contributed by atoms with Crippen molar-refractivity contribution in [1.29, 1.82) is 0 Å². The molecule has 2 rings (SSSR count). The van der Waals surface area contributed by atoms with Crippen LogP contribution < -0.4 is 11.3 Å². The summed E-state index contributed by atoms with van der Waals surface area (Å²) in [7, 11) is 0. The maximum absolute atomic E-state index is 11.5. The number of carbonyl (C=O) groups excluding carboxylic acids is 1. The van der Waals surface area contributed by atoms with Crippen molar-refractivity contribution in [3.8, 4) is 0 Å². The number of piperidine rings is 1. The number of furan rings is 1. The van der Waals surface area contributed by atoms with Gasteiger partial charge in [-0.2, -0.15) is 0 Å². The highest BCUT2D eigenvalue weighted by atomic mass is 16.3. The van der Waals surface area contributed by atoms with E-state index in [-0.39, 0.29) is 5.91 Å². The summed E-state index contributed by atoms with van der Waals surface area (Å²) in [4.78, 5) is 13.8. The summed E-state index contributed by atoms with van der Waals surface area (Å²) in [6.45, 7) is 5.06. The van der Waals surface area contributed by atoms with Gasteiger partial charge >= 0.3 is 0 Å². The molecular formula is C12H19N3O2. The van der Waals surface area contributed by atoms with E-state index in [9.17, 15) is 4.79 Å². The summed E-state index contributed by atoms with van der Waals surface area (Å²) < 4.78 is 5.37. The lowest BCUT2D eigenvalue weighted by molar-refractivity contribution is 0.0948. The van der Waals surface area contributed by atoms with E-state index in [0.29, 0.717) is 23.8 Å². The van der Waals surface area contributed by atoms with Gasteiger partial charge in [0.1, 0.15) is 5.76 Å². The highest BCUT2D eigenvalue weighted by Gasteiger charge is 2.20. The van der Waals surface area contributed by atoms with Gasteiger partial charge in [0, 0.05) is 6.54 Å². The summed E-state index contributed by atoms with van der Waals surface area (Å²) >= 11 is 0. The van der Waals surface area contributed by atoms with Crippen molar-refractivity contribution in [3.05, 3.63) is 23.7 Å². The zero-order valence-electron chi connectivity index (χ0n) is 10.1. The lowest BCUT2D eigenvalue weighted by atomic mass is 10.00. The molecule has 5 nitrogen and oxygen atoms in total. The topological polar surface area (TPSA) is 71.5 Å². The lowest BCUT2D eigenvalue weighted by Gasteiger charge is -2.30. The van der Waals surface area contributed by atoms with Crippen molar-refractivity contribution in [2.24, 2.45) is 11.8 Å². The number of hydrogen-bond donors (Lipinski definition) is 2. The van der Waals surface area contributed by atoms with E-state index in [4.69, 9.17) is 10.3 Å². The monoisotopic (exact) mass is 237 g/mol. The largest absolute Gasteiger partial charge is 0.467 e. The molecule has 3 N–H and O–H groups in total. The predicted octanol–water partition coefficient (Wildman–Crippen LogP) is 1.12. The molecule has 0 saturated carbocycles. The van der Waals surface area contributed by atoms with Gasteiger partial charge < -0.3 is 4.42 Å². The minimum atomic E-state index is -0.293. The second-order valence-corrected chi connectivity index (χ2v) is 4.71. The number of likely N-dealkylation sites (tertiary alicyclic amines) is 1. The van der Waals surface area contributed by atoms with Crippen molar-refractivity contribution in [2.75, 3.05) is 13.1 Å². The first-order valence-electron chi connectivity index (χ1n) is 6.00. The van der Waals surface area contributed by atoms with E-state index in [1.54, 1.807) is 6.07 Å². The Balaban J connectivity index is 2.03. The van der Waals surface area contributed by atoms with Gasteiger partial charge in [0.25, 0.3) is 5.91 Å². The fraction of sp³-hybridized carbons (Fsp3) is 0.583. The van der Waals surface area contributed by atoms with Gasteiger partial charge in [-0.25, -0.2) is 5.84 Å². The molecular weight excluding hydrogens is 218 g/mol. The number of rotatable bonds is 3. The van der Waals surface area contributed by atoms with Gasteiger partial charge in [0.2, 0.25) is 0 Å². The van der Waals surface area contributed by atoms with E-state index in [2.05, 4.69) is 17.2 Å². The highest BCUT2D eigenvalue weighted by Crippen LogP contribution is 2.19. The molecule has 1 unspecified atom stereocenters. The average Bonchev–Trinajstić information content (AvgIpc) is 2.76. The van der Waals surface area contributed by atoms with Crippen molar-refractivity contribution in [2.45, 2.75) is 26.3 Å². The smallest absolute Gasteiger partial charge is 0.268 e. The van der Waals surface area contributed by atoms with Crippen molar-refractivity contribution in [3.63, 3.8) is 0 Å². The molecule has 94 valence electrons. The molecule has 1 fully saturated rings. The summed E-state index contributed by atoms with van der Waals surface area (Å²) in [5.74, 6) is 6.25. The number of hydrazine groups is 1.